The highest BCUT2D eigenvalue weighted by atomic mass is 32.2. The van der Waals surface area contributed by atoms with Crippen molar-refractivity contribution >= 4 is 21.6 Å². The fraction of sp³-hybridized carbons (Fsp3) is 0.579. The quantitative estimate of drug-likeness (QED) is 0.373. The van der Waals surface area contributed by atoms with E-state index >= 15 is 0 Å². The standard InChI is InChI=1S/C19H29N3O6S/c1-5-6-11-27-15-7-9-16(10-8-15)29(25,26)22-13-14(21-28-19(2,3)4)12-17(22)18(23)20-24/h7-10,17,24H,5-6,11-13H2,1-4H3,(H,20,23)/b21-14+/t17-/m1/s1. The number of hydroxylamine groups is 1. The minimum absolute atomic E-state index is 0.0223. The Balaban J connectivity index is 2.24. The molecule has 162 valence electrons. The van der Waals surface area contributed by atoms with Crippen molar-refractivity contribution in [2.24, 2.45) is 5.16 Å². The van der Waals surface area contributed by atoms with Gasteiger partial charge in [-0.15, -0.1) is 0 Å². The monoisotopic (exact) mass is 427 g/mol. The molecular formula is C19H29N3O6S. The molecule has 0 unspecified atom stereocenters. The predicted octanol–water partition coefficient (Wildman–Crippen LogP) is 2.30. The molecule has 1 heterocycles. The van der Waals surface area contributed by atoms with Crippen molar-refractivity contribution in [1.29, 1.82) is 0 Å². The minimum atomic E-state index is -4.00. The van der Waals surface area contributed by atoms with Crippen LogP contribution in [0, 0.1) is 0 Å². The van der Waals surface area contributed by atoms with Crippen molar-refractivity contribution in [2.75, 3.05) is 13.2 Å². The van der Waals surface area contributed by atoms with Gasteiger partial charge in [0.1, 0.15) is 17.4 Å². The zero-order valence-corrected chi connectivity index (χ0v) is 18.0. The minimum Gasteiger partial charge on any atom is -0.494 e. The Morgan fingerprint density at radius 2 is 1.97 bits per heavy atom. The molecule has 0 aliphatic carbocycles. The van der Waals surface area contributed by atoms with Gasteiger partial charge in [0, 0.05) is 6.42 Å². The number of benzene rings is 1. The van der Waals surface area contributed by atoms with Crippen LogP contribution in [0.2, 0.25) is 0 Å². The predicted molar refractivity (Wildman–Crippen MR) is 107 cm³/mol. The van der Waals surface area contributed by atoms with E-state index in [1.54, 1.807) is 12.1 Å². The summed E-state index contributed by atoms with van der Waals surface area (Å²) in [6.45, 7) is 7.93. The highest BCUT2D eigenvalue weighted by Crippen LogP contribution is 2.27. The number of sulfonamides is 1. The Hall–Kier alpha value is -2.17. The first-order valence-electron chi connectivity index (χ1n) is 9.51. The number of carbonyl (C=O) groups is 1. The SMILES string of the molecule is CCCCOc1ccc(S(=O)(=O)N2C/C(=N/OC(C)(C)C)C[C@@H]2C(=O)NO)cc1. The summed E-state index contributed by atoms with van der Waals surface area (Å²) in [5, 5.41) is 13.0. The summed E-state index contributed by atoms with van der Waals surface area (Å²) in [7, 11) is -4.00. The van der Waals surface area contributed by atoms with Crippen LogP contribution in [0.1, 0.15) is 47.0 Å². The average molecular weight is 428 g/mol. The van der Waals surface area contributed by atoms with Gasteiger partial charge in [-0.2, -0.15) is 4.31 Å². The van der Waals surface area contributed by atoms with Gasteiger partial charge in [0.2, 0.25) is 10.0 Å². The van der Waals surface area contributed by atoms with Gasteiger partial charge in [-0.3, -0.25) is 10.0 Å². The zero-order valence-electron chi connectivity index (χ0n) is 17.2. The fourth-order valence-corrected chi connectivity index (χ4v) is 4.25. The summed E-state index contributed by atoms with van der Waals surface area (Å²) < 4.78 is 32.8. The van der Waals surface area contributed by atoms with E-state index in [0.717, 1.165) is 17.1 Å². The van der Waals surface area contributed by atoms with Gasteiger partial charge in [0.05, 0.1) is 23.8 Å². The molecule has 1 saturated heterocycles. The highest BCUT2D eigenvalue weighted by molar-refractivity contribution is 7.89. The van der Waals surface area contributed by atoms with Gasteiger partial charge in [0.15, 0.2) is 0 Å². The van der Waals surface area contributed by atoms with E-state index in [2.05, 4.69) is 12.1 Å². The van der Waals surface area contributed by atoms with E-state index in [1.165, 1.54) is 17.6 Å². The molecule has 1 aromatic carbocycles. The smallest absolute Gasteiger partial charge is 0.262 e. The summed E-state index contributed by atoms with van der Waals surface area (Å²) in [4.78, 5) is 17.4. The maximum atomic E-state index is 13.1. The first kappa shape index (κ1) is 23.1. The molecule has 10 heteroatoms. The number of rotatable bonds is 8. The van der Waals surface area contributed by atoms with Gasteiger partial charge < -0.3 is 9.57 Å². The van der Waals surface area contributed by atoms with Crippen LogP contribution in [-0.4, -0.2) is 54.3 Å². The molecule has 0 spiro atoms. The second kappa shape index (κ2) is 9.55. The summed E-state index contributed by atoms with van der Waals surface area (Å²) >= 11 is 0. The number of nitrogens with one attached hydrogen (secondary N) is 1. The lowest BCUT2D eigenvalue weighted by molar-refractivity contribution is -0.132. The third-order valence-corrected chi connectivity index (χ3v) is 6.04. The molecule has 0 bridgehead atoms. The third-order valence-electron chi connectivity index (χ3n) is 4.17. The van der Waals surface area contributed by atoms with E-state index in [1.807, 2.05) is 20.8 Å². The van der Waals surface area contributed by atoms with Gasteiger partial charge in [-0.1, -0.05) is 18.5 Å². The Bertz CT molecular complexity index is 830. The molecule has 29 heavy (non-hydrogen) atoms. The Morgan fingerprint density at radius 1 is 1.31 bits per heavy atom. The van der Waals surface area contributed by atoms with Crippen LogP contribution in [0.3, 0.4) is 0 Å². The molecule has 1 aliphatic heterocycles. The van der Waals surface area contributed by atoms with Crippen LogP contribution in [0.4, 0.5) is 0 Å². The van der Waals surface area contributed by atoms with Crippen molar-refractivity contribution in [3.05, 3.63) is 24.3 Å². The van der Waals surface area contributed by atoms with Crippen LogP contribution in [0.5, 0.6) is 5.75 Å². The Morgan fingerprint density at radius 3 is 2.52 bits per heavy atom. The topological polar surface area (TPSA) is 118 Å². The number of ether oxygens (including phenoxy) is 1. The Kier molecular flexibility index (Phi) is 7.61. The molecule has 1 atom stereocenters. The maximum absolute atomic E-state index is 13.1. The summed E-state index contributed by atoms with van der Waals surface area (Å²) in [5.74, 6) is -0.252. The highest BCUT2D eigenvalue weighted by Gasteiger charge is 2.43. The number of carbonyl (C=O) groups excluding carboxylic acids is 1. The molecule has 1 aromatic rings. The second-order valence-corrected chi connectivity index (χ2v) is 9.67. The van der Waals surface area contributed by atoms with Crippen LogP contribution in [0.25, 0.3) is 0 Å². The third kappa shape index (κ3) is 6.15. The number of hydrogen-bond donors (Lipinski definition) is 2. The Labute approximate surface area is 171 Å². The van der Waals surface area contributed by atoms with E-state index < -0.39 is 27.6 Å². The van der Waals surface area contributed by atoms with Crippen molar-refractivity contribution in [3.63, 3.8) is 0 Å². The van der Waals surface area contributed by atoms with E-state index in [0.29, 0.717) is 18.1 Å². The number of hydrogen-bond acceptors (Lipinski definition) is 7. The largest absolute Gasteiger partial charge is 0.494 e. The molecule has 1 aliphatic rings. The van der Waals surface area contributed by atoms with Crippen molar-refractivity contribution in [1.82, 2.24) is 9.79 Å². The van der Waals surface area contributed by atoms with Gasteiger partial charge in [0.25, 0.3) is 5.91 Å². The van der Waals surface area contributed by atoms with Crippen LogP contribution in [-0.2, 0) is 19.7 Å². The lowest BCUT2D eigenvalue weighted by Gasteiger charge is -2.21. The number of oxime groups is 1. The molecule has 0 saturated carbocycles. The first-order chi connectivity index (χ1) is 13.6. The van der Waals surface area contributed by atoms with E-state index in [4.69, 9.17) is 14.8 Å². The van der Waals surface area contributed by atoms with Crippen LogP contribution >= 0.6 is 0 Å². The summed E-state index contributed by atoms with van der Waals surface area (Å²) in [6.07, 6.45) is 1.93. The molecule has 2 N–H and O–H groups in total. The molecule has 0 aromatic heterocycles. The van der Waals surface area contributed by atoms with Gasteiger partial charge >= 0.3 is 0 Å². The molecule has 2 rings (SSSR count). The normalized spacial score (nSPS) is 19.3. The van der Waals surface area contributed by atoms with Gasteiger partial charge in [-0.05, 0) is 51.5 Å². The maximum Gasteiger partial charge on any atom is 0.262 e. The fourth-order valence-electron chi connectivity index (χ4n) is 2.68. The number of unbranched alkanes of at least 4 members (excludes halogenated alkanes) is 1. The lowest BCUT2D eigenvalue weighted by Crippen LogP contribution is -2.45. The zero-order chi connectivity index (χ0) is 21.7. The van der Waals surface area contributed by atoms with E-state index in [9.17, 15) is 13.2 Å². The molecule has 1 amide bonds. The van der Waals surface area contributed by atoms with Gasteiger partial charge in [-0.25, -0.2) is 13.9 Å². The number of amides is 1. The van der Waals surface area contributed by atoms with Crippen molar-refractivity contribution in [3.8, 4) is 5.75 Å². The van der Waals surface area contributed by atoms with Crippen LogP contribution < -0.4 is 10.2 Å². The summed E-state index contributed by atoms with van der Waals surface area (Å²) in [6, 6.07) is 4.92. The summed E-state index contributed by atoms with van der Waals surface area (Å²) in [5.41, 5.74) is 1.38. The number of nitrogens with zero attached hydrogens (tertiary/aromatic N) is 2. The lowest BCUT2D eigenvalue weighted by atomic mass is 10.2. The molecule has 9 nitrogen and oxygen atoms in total. The van der Waals surface area contributed by atoms with Crippen molar-refractivity contribution < 1.29 is 28.0 Å². The average Bonchev–Trinajstić information content (AvgIpc) is 3.11. The molecule has 1 fully saturated rings. The first-order valence-corrected chi connectivity index (χ1v) is 10.9. The second-order valence-electron chi connectivity index (χ2n) is 7.78. The molecule has 0 radical (unpaired) electrons. The molecular weight excluding hydrogens is 398 g/mol. The van der Waals surface area contributed by atoms with Crippen LogP contribution in [0.15, 0.2) is 34.3 Å². The van der Waals surface area contributed by atoms with E-state index in [-0.39, 0.29) is 17.9 Å². The van der Waals surface area contributed by atoms with Crippen molar-refractivity contribution in [2.45, 2.75) is 63.5 Å².